The number of hydrogen-bond donors (Lipinski definition) is 3. The Labute approximate surface area is 180 Å². The summed E-state index contributed by atoms with van der Waals surface area (Å²) in [4.78, 5) is 25.9. The van der Waals surface area contributed by atoms with E-state index >= 15 is 0 Å². The van der Waals surface area contributed by atoms with Gasteiger partial charge in [0.1, 0.15) is 30.2 Å². The maximum absolute atomic E-state index is 13.2. The maximum Gasteiger partial charge on any atom is 0.226 e. The van der Waals surface area contributed by atoms with Gasteiger partial charge in [-0.15, -0.1) is 0 Å². The van der Waals surface area contributed by atoms with E-state index in [0.717, 1.165) is 25.0 Å². The van der Waals surface area contributed by atoms with Crippen molar-refractivity contribution in [1.82, 2.24) is 24.8 Å². The minimum absolute atomic E-state index is 0.0942. The number of hydrogen-bond acceptors (Lipinski definition) is 7. The fourth-order valence-electron chi connectivity index (χ4n) is 7.05. The van der Waals surface area contributed by atoms with Gasteiger partial charge in [0, 0.05) is 12.0 Å². The Bertz CT molecular complexity index is 987. The number of nitrogens with zero attached hydrogens (tertiary/aromatic N) is 4. The highest BCUT2D eigenvalue weighted by Crippen LogP contribution is 2.60. The van der Waals surface area contributed by atoms with Crippen molar-refractivity contribution in [3.8, 4) is 0 Å². The minimum Gasteiger partial charge on any atom is -0.387 e. The largest absolute Gasteiger partial charge is 0.387 e. The molecule has 4 bridgehead atoms. The normalized spacial score (nSPS) is 41.2. The zero-order valence-corrected chi connectivity index (χ0v) is 17.6. The first-order valence-electron chi connectivity index (χ1n) is 11.4. The van der Waals surface area contributed by atoms with Gasteiger partial charge in [0.2, 0.25) is 5.91 Å². The zero-order valence-electron chi connectivity index (χ0n) is 17.6. The predicted molar refractivity (Wildman–Crippen MR) is 110 cm³/mol. The Balaban J connectivity index is 1.16. The van der Waals surface area contributed by atoms with Gasteiger partial charge in [0.05, 0.1) is 12.0 Å². The van der Waals surface area contributed by atoms with Crippen molar-refractivity contribution in [1.29, 1.82) is 0 Å². The summed E-state index contributed by atoms with van der Waals surface area (Å²) in [5.74, 6) is 2.17. The predicted octanol–water partition coefficient (Wildman–Crippen LogP) is 1.09. The molecule has 7 rings (SSSR count). The third-order valence-corrected chi connectivity index (χ3v) is 8.14. The third kappa shape index (κ3) is 3.01. The van der Waals surface area contributed by atoms with Crippen LogP contribution in [0.1, 0.15) is 50.4 Å². The highest BCUT2D eigenvalue weighted by atomic mass is 16.6. The summed E-state index contributed by atoms with van der Waals surface area (Å²) in [7, 11) is 0. The zero-order chi connectivity index (χ0) is 21.3. The second-order valence-electron chi connectivity index (χ2n) is 10.2. The van der Waals surface area contributed by atoms with E-state index in [9.17, 15) is 15.0 Å². The van der Waals surface area contributed by atoms with Crippen LogP contribution in [-0.2, 0) is 9.53 Å². The van der Waals surface area contributed by atoms with E-state index in [-0.39, 0.29) is 17.9 Å². The molecule has 1 saturated heterocycles. The number of fused-ring (bicyclic) bond motifs is 1. The van der Waals surface area contributed by atoms with E-state index in [1.54, 1.807) is 10.9 Å². The van der Waals surface area contributed by atoms with Crippen LogP contribution in [0.25, 0.3) is 11.2 Å². The van der Waals surface area contributed by atoms with E-state index in [4.69, 9.17) is 4.74 Å². The molecule has 4 aliphatic carbocycles. The molecule has 1 aliphatic heterocycles. The summed E-state index contributed by atoms with van der Waals surface area (Å²) in [6.07, 6.45) is 6.04. The van der Waals surface area contributed by atoms with Crippen LogP contribution >= 0.6 is 0 Å². The van der Waals surface area contributed by atoms with Gasteiger partial charge < -0.3 is 20.3 Å². The lowest BCUT2D eigenvalue weighted by Crippen LogP contribution is -2.54. The van der Waals surface area contributed by atoms with Crippen LogP contribution in [0.2, 0.25) is 0 Å². The molecule has 5 fully saturated rings. The van der Waals surface area contributed by atoms with Crippen LogP contribution in [0, 0.1) is 30.1 Å². The van der Waals surface area contributed by atoms with Gasteiger partial charge in [-0.2, -0.15) is 0 Å². The van der Waals surface area contributed by atoms with Crippen molar-refractivity contribution in [3.05, 3.63) is 18.3 Å². The van der Waals surface area contributed by atoms with E-state index in [0.29, 0.717) is 28.9 Å². The third-order valence-electron chi connectivity index (χ3n) is 8.14. The number of rotatable bonds is 4. The smallest absolute Gasteiger partial charge is 0.226 e. The maximum atomic E-state index is 13.2. The first-order chi connectivity index (χ1) is 14.9. The van der Waals surface area contributed by atoms with E-state index in [1.165, 1.54) is 25.6 Å². The van der Waals surface area contributed by atoms with Gasteiger partial charge >= 0.3 is 0 Å². The van der Waals surface area contributed by atoms with Crippen molar-refractivity contribution in [2.75, 3.05) is 6.54 Å². The molecule has 5 aliphatic rings. The molecule has 31 heavy (non-hydrogen) atoms. The molecule has 1 amide bonds. The summed E-state index contributed by atoms with van der Waals surface area (Å²) in [6, 6.07) is 0. The first kappa shape index (κ1) is 19.6. The van der Waals surface area contributed by atoms with E-state index in [1.807, 2.05) is 6.92 Å². The molecule has 0 spiro atoms. The lowest BCUT2D eigenvalue weighted by Gasteiger charge is -2.55. The summed E-state index contributed by atoms with van der Waals surface area (Å²) in [5.41, 5.74) is 1.66. The van der Waals surface area contributed by atoms with Gasteiger partial charge in [-0.25, -0.2) is 15.0 Å². The summed E-state index contributed by atoms with van der Waals surface area (Å²) in [5, 5.41) is 24.3. The monoisotopic (exact) mass is 427 g/mol. The fraction of sp³-hybridized carbons (Fsp3) is 0.727. The van der Waals surface area contributed by atoms with Crippen LogP contribution in [0.3, 0.4) is 0 Å². The van der Waals surface area contributed by atoms with Gasteiger partial charge in [0.25, 0.3) is 0 Å². The summed E-state index contributed by atoms with van der Waals surface area (Å²) >= 11 is 0. The average Bonchev–Trinajstić information content (AvgIpc) is 3.28. The number of aromatic nitrogens is 4. The van der Waals surface area contributed by atoms with Crippen molar-refractivity contribution in [2.45, 2.75) is 70.0 Å². The van der Waals surface area contributed by atoms with Gasteiger partial charge in [0.15, 0.2) is 11.9 Å². The number of imidazole rings is 1. The standard InChI is InChI=1S/C22H29N5O4/c1-11-16-19(25-9-24-11)27(10-26-16)20-18(29)17(28)15(31-20)8-23-21(30)22-5-12-2-13(6-22)4-14(3-12)7-22/h9-10,12-15,17-18,20,28-29H,2-8H2,1H3,(H,23,30). The average molecular weight is 428 g/mol. The number of carbonyl (C=O) groups excluding carboxylic acids is 1. The Morgan fingerprint density at radius 2 is 1.81 bits per heavy atom. The molecule has 3 heterocycles. The molecular formula is C22H29N5O4. The Hall–Kier alpha value is -2.10. The molecule has 2 aromatic rings. The van der Waals surface area contributed by atoms with Crippen molar-refractivity contribution in [2.24, 2.45) is 23.2 Å². The molecule has 166 valence electrons. The number of aryl methyl sites for hydroxylation is 1. The minimum atomic E-state index is -1.14. The molecule has 4 unspecified atom stereocenters. The lowest BCUT2D eigenvalue weighted by atomic mass is 9.49. The number of ether oxygens (including phenoxy) is 1. The molecular weight excluding hydrogens is 398 g/mol. The highest BCUT2D eigenvalue weighted by Gasteiger charge is 2.55. The Morgan fingerprint density at radius 1 is 1.13 bits per heavy atom. The van der Waals surface area contributed by atoms with Crippen molar-refractivity contribution in [3.63, 3.8) is 0 Å². The molecule has 2 aromatic heterocycles. The van der Waals surface area contributed by atoms with Crippen molar-refractivity contribution < 1.29 is 19.7 Å². The van der Waals surface area contributed by atoms with Gasteiger partial charge in [-0.1, -0.05) is 0 Å². The number of aliphatic hydroxyl groups excluding tert-OH is 2. The second kappa shape index (κ2) is 6.95. The molecule has 4 atom stereocenters. The molecule has 0 aromatic carbocycles. The molecule has 9 nitrogen and oxygen atoms in total. The second-order valence-corrected chi connectivity index (χ2v) is 10.2. The number of carbonyl (C=O) groups is 1. The topological polar surface area (TPSA) is 122 Å². The van der Waals surface area contributed by atoms with Crippen LogP contribution in [0.5, 0.6) is 0 Å². The summed E-state index contributed by atoms with van der Waals surface area (Å²) < 4.78 is 7.62. The first-order valence-corrected chi connectivity index (χ1v) is 11.4. The number of nitrogens with one attached hydrogen (secondary N) is 1. The van der Waals surface area contributed by atoms with Crippen LogP contribution < -0.4 is 5.32 Å². The fourth-order valence-corrected chi connectivity index (χ4v) is 7.05. The van der Waals surface area contributed by atoms with Gasteiger partial charge in [-0.05, 0) is 63.2 Å². The molecule has 0 radical (unpaired) electrons. The van der Waals surface area contributed by atoms with Crippen molar-refractivity contribution >= 4 is 17.1 Å². The molecule has 4 saturated carbocycles. The number of aliphatic hydroxyl groups is 2. The van der Waals surface area contributed by atoms with Crippen LogP contribution in [-0.4, -0.2) is 60.5 Å². The Kier molecular flexibility index (Phi) is 4.39. The van der Waals surface area contributed by atoms with Gasteiger partial charge in [-0.3, -0.25) is 9.36 Å². The number of amides is 1. The lowest BCUT2D eigenvalue weighted by molar-refractivity contribution is -0.147. The summed E-state index contributed by atoms with van der Waals surface area (Å²) in [6.45, 7) is 2.01. The quantitative estimate of drug-likeness (QED) is 0.667. The SMILES string of the molecule is Cc1ncnc2c1ncn2C1OC(CNC(=O)C23CC4CC(CC(C4)C2)C3)C(O)C1O. The van der Waals surface area contributed by atoms with Crippen LogP contribution in [0.4, 0.5) is 0 Å². The molecule has 3 N–H and O–H groups in total. The highest BCUT2D eigenvalue weighted by molar-refractivity contribution is 5.83. The Morgan fingerprint density at radius 3 is 2.48 bits per heavy atom. The van der Waals surface area contributed by atoms with Crippen LogP contribution in [0.15, 0.2) is 12.7 Å². The van der Waals surface area contributed by atoms with E-state index in [2.05, 4.69) is 20.3 Å². The van der Waals surface area contributed by atoms with E-state index < -0.39 is 24.5 Å². The molecule has 9 heteroatoms.